The highest BCUT2D eigenvalue weighted by Gasteiger charge is 2.15. The zero-order chi connectivity index (χ0) is 11.8. The SMILES string of the molecule is CC(C)C(C)NCCCOCC1CCOC1. The van der Waals surface area contributed by atoms with E-state index in [9.17, 15) is 0 Å². The molecule has 0 radical (unpaired) electrons. The number of rotatable bonds is 8. The van der Waals surface area contributed by atoms with Crippen molar-refractivity contribution in [2.24, 2.45) is 11.8 Å². The monoisotopic (exact) mass is 229 g/mol. The summed E-state index contributed by atoms with van der Waals surface area (Å²) in [6, 6.07) is 0.600. The molecule has 1 fully saturated rings. The third kappa shape index (κ3) is 5.83. The van der Waals surface area contributed by atoms with Gasteiger partial charge in [-0.25, -0.2) is 0 Å². The van der Waals surface area contributed by atoms with Gasteiger partial charge in [0.1, 0.15) is 0 Å². The summed E-state index contributed by atoms with van der Waals surface area (Å²) in [7, 11) is 0. The van der Waals surface area contributed by atoms with Crippen LogP contribution in [-0.2, 0) is 9.47 Å². The molecule has 1 N–H and O–H groups in total. The Labute approximate surface area is 99.9 Å². The first-order valence-electron chi connectivity index (χ1n) is 6.59. The summed E-state index contributed by atoms with van der Waals surface area (Å²) in [6.07, 6.45) is 2.27. The second-order valence-electron chi connectivity index (χ2n) is 5.14. The van der Waals surface area contributed by atoms with E-state index in [1.165, 1.54) is 6.42 Å². The molecule has 0 spiro atoms. The first-order chi connectivity index (χ1) is 7.70. The first kappa shape index (κ1) is 13.9. The summed E-state index contributed by atoms with van der Waals surface area (Å²) in [4.78, 5) is 0. The predicted molar refractivity (Wildman–Crippen MR) is 66.7 cm³/mol. The van der Waals surface area contributed by atoms with Crippen LogP contribution in [0, 0.1) is 11.8 Å². The van der Waals surface area contributed by atoms with E-state index in [0.717, 1.165) is 39.4 Å². The zero-order valence-electron chi connectivity index (χ0n) is 11.0. The van der Waals surface area contributed by atoms with Gasteiger partial charge < -0.3 is 14.8 Å². The quantitative estimate of drug-likeness (QED) is 0.646. The minimum absolute atomic E-state index is 0.600. The molecule has 1 rings (SSSR count). The summed E-state index contributed by atoms with van der Waals surface area (Å²) in [5.41, 5.74) is 0. The molecule has 2 unspecified atom stereocenters. The fourth-order valence-electron chi connectivity index (χ4n) is 1.70. The molecule has 1 heterocycles. The van der Waals surface area contributed by atoms with Gasteiger partial charge in [0, 0.05) is 25.2 Å². The predicted octanol–water partition coefficient (Wildman–Crippen LogP) is 2.06. The third-order valence-corrected chi connectivity index (χ3v) is 3.31. The average Bonchev–Trinajstić information content (AvgIpc) is 2.75. The van der Waals surface area contributed by atoms with Gasteiger partial charge in [0.05, 0.1) is 13.2 Å². The van der Waals surface area contributed by atoms with E-state index in [1.54, 1.807) is 0 Å². The van der Waals surface area contributed by atoms with E-state index < -0.39 is 0 Å². The minimum atomic E-state index is 0.600. The van der Waals surface area contributed by atoms with Crippen LogP contribution in [0.3, 0.4) is 0 Å². The van der Waals surface area contributed by atoms with Gasteiger partial charge in [0.2, 0.25) is 0 Å². The van der Waals surface area contributed by atoms with E-state index in [0.29, 0.717) is 17.9 Å². The number of hydrogen-bond donors (Lipinski definition) is 1. The number of ether oxygens (including phenoxy) is 2. The number of hydrogen-bond acceptors (Lipinski definition) is 3. The Kier molecular flexibility index (Phi) is 7.01. The van der Waals surface area contributed by atoms with E-state index in [-0.39, 0.29) is 0 Å². The molecule has 16 heavy (non-hydrogen) atoms. The van der Waals surface area contributed by atoms with E-state index in [4.69, 9.17) is 9.47 Å². The molecule has 3 nitrogen and oxygen atoms in total. The average molecular weight is 229 g/mol. The maximum absolute atomic E-state index is 5.64. The van der Waals surface area contributed by atoms with Crippen molar-refractivity contribution in [2.45, 2.75) is 39.7 Å². The van der Waals surface area contributed by atoms with Crippen molar-refractivity contribution in [2.75, 3.05) is 33.0 Å². The van der Waals surface area contributed by atoms with Gasteiger partial charge >= 0.3 is 0 Å². The molecule has 96 valence electrons. The van der Waals surface area contributed by atoms with Crippen molar-refractivity contribution in [3.05, 3.63) is 0 Å². The molecule has 0 aromatic carbocycles. The summed E-state index contributed by atoms with van der Waals surface area (Å²) in [5.74, 6) is 1.35. The lowest BCUT2D eigenvalue weighted by Crippen LogP contribution is -2.32. The highest BCUT2D eigenvalue weighted by atomic mass is 16.5. The molecule has 0 amide bonds. The highest BCUT2D eigenvalue weighted by molar-refractivity contribution is 4.64. The topological polar surface area (TPSA) is 30.5 Å². The molecule has 0 aromatic rings. The van der Waals surface area contributed by atoms with Crippen LogP contribution in [0.25, 0.3) is 0 Å². The maximum Gasteiger partial charge on any atom is 0.0517 e. The van der Waals surface area contributed by atoms with Crippen LogP contribution >= 0.6 is 0 Å². The summed E-state index contributed by atoms with van der Waals surface area (Å²) >= 11 is 0. The number of nitrogens with one attached hydrogen (secondary N) is 1. The first-order valence-corrected chi connectivity index (χ1v) is 6.59. The van der Waals surface area contributed by atoms with Crippen molar-refractivity contribution in [3.8, 4) is 0 Å². The van der Waals surface area contributed by atoms with Crippen LogP contribution in [-0.4, -0.2) is 39.0 Å². The molecule has 0 aromatic heterocycles. The molecule has 0 saturated carbocycles. The Bertz CT molecular complexity index is 161. The van der Waals surface area contributed by atoms with Crippen LogP contribution in [0.4, 0.5) is 0 Å². The second-order valence-corrected chi connectivity index (χ2v) is 5.14. The summed E-state index contributed by atoms with van der Waals surface area (Å²) in [5, 5.41) is 3.51. The van der Waals surface area contributed by atoms with Crippen molar-refractivity contribution in [3.63, 3.8) is 0 Å². The molecule has 1 saturated heterocycles. The molecule has 0 aliphatic carbocycles. The molecule has 3 heteroatoms. The van der Waals surface area contributed by atoms with Gasteiger partial charge in [-0.05, 0) is 32.2 Å². The van der Waals surface area contributed by atoms with Gasteiger partial charge in [0.15, 0.2) is 0 Å². The summed E-state index contributed by atoms with van der Waals surface area (Å²) < 4.78 is 10.9. The lowest BCUT2D eigenvalue weighted by Gasteiger charge is -2.17. The fraction of sp³-hybridized carbons (Fsp3) is 1.00. The highest BCUT2D eigenvalue weighted by Crippen LogP contribution is 2.12. The largest absolute Gasteiger partial charge is 0.381 e. The normalized spacial score (nSPS) is 22.9. The fourth-order valence-corrected chi connectivity index (χ4v) is 1.70. The summed E-state index contributed by atoms with van der Waals surface area (Å²) in [6.45, 7) is 11.3. The van der Waals surface area contributed by atoms with Crippen LogP contribution in [0.2, 0.25) is 0 Å². The van der Waals surface area contributed by atoms with Gasteiger partial charge in [-0.1, -0.05) is 13.8 Å². The van der Waals surface area contributed by atoms with Gasteiger partial charge in [-0.3, -0.25) is 0 Å². The minimum Gasteiger partial charge on any atom is -0.381 e. The molecule has 1 aliphatic rings. The Balaban J connectivity index is 1.84. The van der Waals surface area contributed by atoms with Gasteiger partial charge in [-0.15, -0.1) is 0 Å². The van der Waals surface area contributed by atoms with Crippen LogP contribution in [0.1, 0.15) is 33.6 Å². The van der Waals surface area contributed by atoms with Crippen molar-refractivity contribution in [1.29, 1.82) is 0 Å². The van der Waals surface area contributed by atoms with Gasteiger partial charge in [-0.2, -0.15) is 0 Å². The Morgan fingerprint density at radius 3 is 2.81 bits per heavy atom. The van der Waals surface area contributed by atoms with Crippen LogP contribution < -0.4 is 5.32 Å². The Hall–Kier alpha value is -0.120. The van der Waals surface area contributed by atoms with E-state index >= 15 is 0 Å². The zero-order valence-corrected chi connectivity index (χ0v) is 11.0. The lowest BCUT2D eigenvalue weighted by atomic mass is 10.1. The molecular weight excluding hydrogens is 202 g/mol. The van der Waals surface area contributed by atoms with E-state index in [1.807, 2.05) is 0 Å². The van der Waals surface area contributed by atoms with Crippen molar-refractivity contribution in [1.82, 2.24) is 5.32 Å². The third-order valence-electron chi connectivity index (χ3n) is 3.31. The lowest BCUT2D eigenvalue weighted by molar-refractivity contribution is 0.0878. The van der Waals surface area contributed by atoms with Crippen LogP contribution in [0.5, 0.6) is 0 Å². The second kappa shape index (κ2) is 8.04. The smallest absolute Gasteiger partial charge is 0.0517 e. The standard InChI is InChI=1S/C13H27NO2/c1-11(2)12(3)14-6-4-7-15-9-13-5-8-16-10-13/h11-14H,4-10H2,1-3H3. The maximum atomic E-state index is 5.64. The van der Waals surface area contributed by atoms with Crippen molar-refractivity contribution < 1.29 is 9.47 Å². The molecule has 1 aliphatic heterocycles. The van der Waals surface area contributed by atoms with Crippen molar-refractivity contribution >= 4 is 0 Å². The van der Waals surface area contributed by atoms with E-state index in [2.05, 4.69) is 26.1 Å². The van der Waals surface area contributed by atoms with Gasteiger partial charge in [0.25, 0.3) is 0 Å². The Morgan fingerprint density at radius 2 is 2.19 bits per heavy atom. The molecular formula is C13H27NO2. The Morgan fingerprint density at radius 1 is 1.38 bits per heavy atom. The van der Waals surface area contributed by atoms with Crippen LogP contribution in [0.15, 0.2) is 0 Å². The molecule has 2 atom stereocenters. The molecule has 0 bridgehead atoms.